The van der Waals surface area contributed by atoms with Crippen LogP contribution in [0, 0.1) is 0 Å². The van der Waals surface area contributed by atoms with Crippen LogP contribution in [0.1, 0.15) is 38.8 Å². The molecule has 0 saturated carbocycles. The van der Waals surface area contributed by atoms with E-state index >= 15 is 0 Å². The molecule has 0 radical (unpaired) electrons. The number of rotatable bonds is 6. The Hall–Kier alpha value is -1.23. The van der Waals surface area contributed by atoms with Crippen LogP contribution in [0.3, 0.4) is 0 Å². The fourth-order valence-electron chi connectivity index (χ4n) is 1.82. The first-order valence-corrected chi connectivity index (χ1v) is 6.45. The molecule has 0 aliphatic rings. The van der Waals surface area contributed by atoms with Gasteiger partial charge < -0.3 is 10.1 Å². The van der Waals surface area contributed by atoms with Gasteiger partial charge >= 0.3 is 6.18 Å². The van der Waals surface area contributed by atoms with Crippen LogP contribution >= 0.6 is 0 Å². The van der Waals surface area contributed by atoms with Crippen LogP contribution in [-0.2, 0) is 0 Å². The first-order valence-electron chi connectivity index (χ1n) is 6.45. The second-order valence-electron chi connectivity index (χ2n) is 4.39. The van der Waals surface area contributed by atoms with Crippen molar-refractivity contribution in [2.75, 3.05) is 6.54 Å². The van der Waals surface area contributed by atoms with E-state index in [1.54, 1.807) is 18.2 Å². The summed E-state index contributed by atoms with van der Waals surface area (Å²) in [7, 11) is 0. The summed E-state index contributed by atoms with van der Waals surface area (Å²) in [5.74, 6) is 0.249. The fraction of sp³-hybridized carbons (Fsp3) is 0.571. The van der Waals surface area contributed by atoms with Gasteiger partial charge in [0.15, 0.2) is 6.10 Å². The summed E-state index contributed by atoms with van der Waals surface area (Å²) in [5.41, 5.74) is 0.941. The molecule has 2 unspecified atom stereocenters. The molecule has 0 amide bonds. The van der Waals surface area contributed by atoms with Crippen LogP contribution in [0.5, 0.6) is 5.75 Å². The van der Waals surface area contributed by atoms with E-state index in [1.807, 2.05) is 19.9 Å². The van der Waals surface area contributed by atoms with E-state index in [0.29, 0.717) is 0 Å². The van der Waals surface area contributed by atoms with Crippen molar-refractivity contribution in [1.29, 1.82) is 0 Å². The van der Waals surface area contributed by atoms with Gasteiger partial charge in [0.2, 0.25) is 0 Å². The summed E-state index contributed by atoms with van der Waals surface area (Å²) in [6, 6.07) is 6.95. The molecule has 0 aliphatic heterocycles. The zero-order valence-electron chi connectivity index (χ0n) is 11.4. The molecule has 5 heteroatoms. The molecule has 2 atom stereocenters. The Morgan fingerprint density at radius 2 is 1.95 bits per heavy atom. The highest BCUT2D eigenvalue weighted by Gasteiger charge is 2.38. The Balaban J connectivity index is 2.82. The molecule has 0 spiro atoms. The molecule has 0 aliphatic carbocycles. The van der Waals surface area contributed by atoms with E-state index in [-0.39, 0.29) is 11.8 Å². The van der Waals surface area contributed by atoms with Crippen molar-refractivity contribution >= 4 is 0 Å². The third-order valence-corrected chi connectivity index (χ3v) is 2.89. The third-order valence-electron chi connectivity index (χ3n) is 2.89. The topological polar surface area (TPSA) is 21.3 Å². The van der Waals surface area contributed by atoms with Gasteiger partial charge in [0, 0.05) is 6.04 Å². The van der Waals surface area contributed by atoms with Gasteiger partial charge in [-0.3, -0.25) is 0 Å². The molecule has 0 fully saturated rings. The van der Waals surface area contributed by atoms with Crippen LogP contribution in [0.2, 0.25) is 0 Å². The predicted octanol–water partition coefficient (Wildman–Crippen LogP) is 4.08. The standard InChI is InChI=1S/C14H20F3NO/c1-4-13(18-5-2)11-7-6-8-12(9-11)19-10(3)14(15,16)17/h6-10,13,18H,4-5H2,1-3H3. The SMILES string of the molecule is CCNC(CC)c1cccc(OC(C)C(F)(F)F)c1. The summed E-state index contributed by atoms with van der Waals surface area (Å²) in [5, 5.41) is 3.28. The number of alkyl halides is 3. The minimum atomic E-state index is -4.35. The smallest absolute Gasteiger partial charge is 0.425 e. The zero-order chi connectivity index (χ0) is 14.5. The third kappa shape index (κ3) is 4.74. The number of halogens is 3. The van der Waals surface area contributed by atoms with Gasteiger partial charge in [-0.1, -0.05) is 26.0 Å². The van der Waals surface area contributed by atoms with Gasteiger partial charge in [0.25, 0.3) is 0 Å². The lowest BCUT2D eigenvalue weighted by Crippen LogP contribution is -2.31. The van der Waals surface area contributed by atoms with Crippen LogP contribution in [0.15, 0.2) is 24.3 Å². The Kier molecular flexibility index (Phi) is 5.66. The first kappa shape index (κ1) is 15.8. The molecule has 0 heterocycles. The number of hydrogen-bond donors (Lipinski definition) is 1. The van der Waals surface area contributed by atoms with E-state index in [1.165, 1.54) is 0 Å². The van der Waals surface area contributed by atoms with E-state index in [9.17, 15) is 13.2 Å². The van der Waals surface area contributed by atoms with Crippen molar-refractivity contribution in [2.45, 2.75) is 45.5 Å². The fourth-order valence-corrected chi connectivity index (χ4v) is 1.82. The molecule has 1 rings (SSSR count). The van der Waals surface area contributed by atoms with Gasteiger partial charge in [0.1, 0.15) is 5.75 Å². The van der Waals surface area contributed by atoms with Gasteiger partial charge in [-0.25, -0.2) is 0 Å². The second-order valence-corrected chi connectivity index (χ2v) is 4.39. The monoisotopic (exact) mass is 275 g/mol. The van der Waals surface area contributed by atoms with Crippen LogP contribution in [0.4, 0.5) is 13.2 Å². The number of hydrogen-bond acceptors (Lipinski definition) is 2. The quantitative estimate of drug-likeness (QED) is 0.844. The molecule has 1 N–H and O–H groups in total. The summed E-state index contributed by atoms with van der Waals surface area (Å²) < 4.78 is 42.3. The van der Waals surface area contributed by atoms with Gasteiger partial charge in [-0.15, -0.1) is 0 Å². The lowest BCUT2D eigenvalue weighted by Gasteiger charge is -2.20. The maximum absolute atomic E-state index is 12.4. The molecule has 2 nitrogen and oxygen atoms in total. The first-order chi connectivity index (χ1) is 8.88. The largest absolute Gasteiger partial charge is 0.481 e. The van der Waals surface area contributed by atoms with Crippen molar-refractivity contribution in [3.8, 4) is 5.75 Å². The summed E-state index contributed by atoms with van der Waals surface area (Å²) >= 11 is 0. The Morgan fingerprint density at radius 3 is 2.47 bits per heavy atom. The zero-order valence-corrected chi connectivity index (χ0v) is 11.4. The number of benzene rings is 1. The van der Waals surface area contributed by atoms with Gasteiger partial charge in [0.05, 0.1) is 0 Å². The average molecular weight is 275 g/mol. The second kappa shape index (κ2) is 6.80. The summed E-state index contributed by atoms with van der Waals surface area (Å²) in [6.45, 7) is 5.84. The van der Waals surface area contributed by atoms with Crippen molar-refractivity contribution < 1.29 is 17.9 Å². The minimum absolute atomic E-state index is 0.134. The molecule has 0 saturated heterocycles. The van der Waals surface area contributed by atoms with E-state index in [0.717, 1.165) is 25.5 Å². The number of ether oxygens (including phenoxy) is 1. The highest BCUT2D eigenvalue weighted by Crippen LogP contribution is 2.27. The van der Waals surface area contributed by atoms with Crippen molar-refractivity contribution in [3.63, 3.8) is 0 Å². The molecule has 19 heavy (non-hydrogen) atoms. The molecule has 0 aromatic heterocycles. The van der Waals surface area contributed by atoms with Gasteiger partial charge in [-0.05, 0) is 37.6 Å². The molecule has 1 aromatic rings. The molecule has 0 bridgehead atoms. The highest BCUT2D eigenvalue weighted by atomic mass is 19.4. The minimum Gasteiger partial charge on any atom is -0.481 e. The molecular weight excluding hydrogens is 255 g/mol. The van der Waals surface area contributed by atoms with E-state index < -0.39 is 12.3 Å². The normalized spacial score (nSPS) is 15.1. The van der Waals surface area contributed by atoms with Crippen LogP contribution < -0.4 is 10.1 Å². The predicted molar refractivity (Wildman–Crippen MR) is 69.3 cm³/mol. The van der Waals surface area contributed by atoms with Crippen molar-refractivity contribution in [1.82, 2.24) is 5.32 Å². The highest BCUT2D eigenvalue weighted by molar-refractivity contribution is 5.30. The van der Waals surface area contributed by atoms with Gasteiger partial charge in [-0.2, -0.15) is 13.2 Å². The maximum atomic E-state index is 12.4. The van der Waals surface area contributed by atoms with Crippen molar-refractivity contribution in [2.24, 2.45) is 0 Å². The van der Waals surface area contributed by atoms with Crippen molar-refractivity contribution in [3.05, 3.63) is 29.8 Å². The Morgan fingerprint density at radius 1 is 1.26 bits per heavy atom. The van der Waals surface area contributed by atoms with Crippen LogP contribution in [-0.4, -0.2) is 18.8 Å². The lowest BCUT2D eigenvalue weighted by atomic mass is 10.0. The Bertz CT molecular complexity index is 393. The average Bonchev–Trinajstić information content (AvgIpc) is 2.35. The Labute approximate surface area is 112 Å². The van der Waals surface area contributed by atoms with Crippen LogP contribution in [0.25, 0.3) is 0 Å². The van der Waals surface area contributed by atoms with E-state index in [4.69, 9.17) is 4.74 Å². The summed E-state index contributed by atoms with van der Waals surface area (Å²) in [6.07, 6.45) is -5.28. The van der Waals surface area contributed by atoms with E-state index in [2.05, 4.69) is 5.32 Å². The molecular formula is C14H20F3NO. The molecule has 1 aromatic carbocycles. The lowest BCUT2D eigenvalue weighted by molar-refractivity contribution is -0.189. The maximum Gasteiger partial charge on any atom is 0.425 e. The molecule has 108 valence electrons. The number of nitrogens with one attached hydrogen (secondary N) is 1. The summed E-state index contributed by atoms with van der Waals surface area (Å²) in [4.78, 5) is 0.